The third-order valence-electron chi connectivity index (χ3n) is 12.6. The zero-order chi connectivity index (χ0) is 48.1. The van der Waals surface area contributed by atoms with E-state index in [9.17, 15) is 24.0 Å². The highest BCUT2D eigenvalue weighted by Gasteiger charge is 2.33. The Morgan fingerprint density at radius 2 is 1.79 bits per heavy atom. The van der Waals surface area contributed by atoms with Crippen molar-refractivity contribution in [2.24, 2.45) is 17.3 Å². The van der Waals surface area contributed by atoms with Crippen LogP contribution in [0, 0.1) is 17.3 Å². The normalized spacial score (nSPS) is 16.6. The largest absolute Gasteiger partial charge is 0.467 e. The fraction of sp³-hybridized carbons (Fsp3) is 0.500. The quantitative estimate of drug-likeness (QED) is 0.0759. The molecule has 2 aromatic carbocycles. The second kappa shape index (κ2) is 23.7. The van der Waals surface area contributed by atoms with Gasteiger partial charge in [0.2, 0.25) is 11.8 Å². The lowest BCUT2D eigenvalue weighted by atomic mass is 9.84. The fourth-order valence-corrected chi connectivity index (χ4v) is 9.26. The van der Waals surface area contributed by atoms with Crippen molar-refractivity contribution in [1.82, 2.24) is 35.1 Å². The number of benzene rings is 2. The summed E-state index contributed by atoms with van der Waals surface area (Å²) in [5.41, 5.74) is 11.1. The Hall–Kier alpha value is -5.70. The zero-order valence-corrected chi connectivity index (χ0v) is 40.5. The number of fused-ring (bicyclic) bond motifs is 1. The first-order chi connectivity index (χ1) is 31.6. The molecule has 4 unspecified atom stereocenters. The van der Waals surface area contributed by atoms with Gasteiger partial charge in [0.05, 0.1) is 30.1 Å². The fourth-order valence-electron chi connectivity index (χ4n) is 9.26. The van der Waals surface area contributed by atoms with Crippen molar-refractivity contribution in [2.45, 2.75) is 98.4 Å². The minimum atomic E-state index is -0.733. The highest BCUT2D eigenvalue weighted by Crippen LogP contribution is 2.42. The molecule has 4 atom stereocenters. The maximum absolute atomic E-state index is 14.0. The number of pyridine rings is 1. The van der Waals surface area contributed by atoms with Crippen molar-refractivity contribution in [3.05, 3.63) is 90.3 Å². The number of rotatable bonds is 19. The van der Waals surface area contributed by atoms with E-state index in [1.54, 1.807) is 23.2 Å². The average Bonchev–Trinajstić information content (AvgIpc) is 3.92. The molecule has 14 heteroatoms. The minimum absolute atomic E-state index is 0.0406. The van der Waals surface area contributed by atoms with E-state index in [4.69, 9.17) is 14.5 Å². The van der Waals surface area contributed by atoms with Gasteiger partial charge in [0.25, 0.3) is 12.4 Å². The highest BCUT2D eigenvalue weighted by atomic mass is 16.5. The molecule has 2 aliphatic rings. The van der Waals surface area contributed by atoms with Gasteiger partial charge in [-0.3, -0.25) is 34.1 Å². The van der Waals surface area contributed by atoms with Crippen molar-refractivity contribution in [3.63, 3.8) is 0 Å². The Morgan fingerprint density at radius 3 is 2.41 bits per heavy atom. The molecule has 4 aromatic rings. The predicted molar refractivity (Wildman–Crippen MR) is 259 cm³/mol. The number of nitrogens with zero attached hydrogens (tertiary/aromatic N) is 5. The standard InChI is InChI=1S/C44H60N6O5.C8H11NO2/c1-10-49-38-19-18-33(25-35(38)36(26-44(5,6)27-55-28-51)41(49)34-17-14-20-45-39(34)30(4)54-9)32-16-13-15-31(23-32)24-37(43(53)50-22-12-11-21-46-50)47-42(52)40(29(2)3)48(7)8;1-2-8(11)9-4-3-7(5-9)6-10/h13-20,23,25,28-30,37,40,46H,10-12,21-22,24,26-27H2,1-9H3,(H,47,52);2,6-7H,1,3-5H2. The molecule has 2 aliphatic heterocycles. The number of ether oxygens (including phenoxy) is 2. The van der Waals surface area contributed by atoms with Crippen LogP contribution in [0.1, 0.15) is 83.7 Å². The summed E-state index contributed by atoms with van der Waals surface area (Å²) in [7, 11) is 5.49. The molecule has 4 heterocycles. The lowest BCUT2D eigenvalue weighted by Crippen LogP contribution is -2.58. The van der Waals surface area contributed by atoms with E-state index < -0.39 is 6.04 Å². The summed E-state index contributed by atoms with van der Waals surface area (Å²) >= 11 is 0. The van der Waals surface area contributed by atoms with Gasteiger partial charge < -0.3 is 29.1 Å². The molecule has 2 N–H and O–H groups in total. The van der Waals surface area contributed by atoms with Crippen LogP contribution in [0.2, 0.25) is 0 Å². The topological polar surface area (TPSA) is 155 Å². The summed E-state index contributed by atoms with van der Waals surface area (Å²) in [6, 6.07) is 17.8. The van der Waals surface area contributed by atoms with Gasteiger partial charge in [0.1, 0.15) is 12.3 Å². The zero-order valence-electron chi connectivity index (χ0n) is 40.5. The van der Waals surface area contributed by atoms with Crippen molar-refractivity contribution >= 4 is 41.4 Å². The van der Waals surface area contributed by atoms with Crippen LogP contribution in [0.5, 0.6) is 0 Å². The van der Waals surface area contributed by atoms with E-state index in [-0.39, 0.29) is 53.7 Å². The van der Waals surface area contributed by atoms with Crippen LogP contribution in [-0.2, 0) is 52.8 Å². The Bertz CT molecular complexity index is 2310. The van der Waals surface area contributed by atoms with Crippen LogP contribution < -0.4 is 10.7 Å². The number of amides is 3. The first-order valence-corrected chi connectivity index (χ1v) is 23.2. The van der Waals surface area contributed by atoms with Gasteiger partial charge in [-0.1, -0.05) is 64.6 Å². The van der Waals surface area contributed by atoms with Gasteiger partial charge in [-0.15, -0.1) is 0 Å². The van der Waals surface area contributed by atoms with E-state index in [2.05, 4.69) is 79.1 Å². The number of nitrogens with one attached hydrogen (secondary N) is 2. The van der Waals surface area contributed by atoms with Crippen molar-refractivity contribution in [1.29, 1.82) is 0 Å². The molecule has 0 bridgehead atoms. The van der Waals surface area contributed by atoms with Crippen LogP contribution in [0.15, 0.2) is 73.4 Å². The Kier molecular flexibility index (Phi) is 18.4. The number of hydrogen-bond donors (Lipinski definition) is 2. The molecule has 14 nitrogen and oxygen atoms in total. The highest BCUT2D eigenvalue weighted by molar-refractivity contribution is 5.95. The van der Waals surface area contributed by atoms with E-state index >= 15 is 0 Å². The number of likely N-dealkylation sites (tertiary alicyclic amines) is 1. The van der Waals surface area contributed by atoms with E-state index in [1.165, 1.54) is 6.08 Å². The number of hydrazine groups is 1. The molecule has 0 spiro atoms. The summed E-state index contributed by atoms with van der Waals surface area (Å²) in [4.78, 5) is 68.5. The minimum Gasteiger partial charge on any atom is -0.467 e. The number of aromatic nitrogens is 2. The number of carbonyl (C=O) groups is 5. The van der Waals surface area contributed by atoms with Gasteiger partial charge in [-0.2, -0.15) is 0 Å². The molecule has 0 aliphatic carbocycles. The van der Waals surface area contributed by atoms with Gasteiger partial charge in [-0.05, 0) is 112 Å². The molecule has 2 aromatic heterocycles. The van der Waals surface area contributed by atoms with Gasteiger partial charge in [0, 0.05) is 80.3 Å². The lowest BCUT2D eigenvalue weighted by Gasteiger charge is -2.33. The van der Waals surface area contributed by atoms with Gasteiger partial charge in [-0.25, -0.2) is 5.43 Å². The number of carbonyl (C=O) groups excluding carboxylic acids is 5. The summed E-state index contributed by atoms with van der Waals surface area (Å²) in [6.45, 7) is 19.9. The van der Waals surface area contributed by atoms with Crippen LogP contribution in [0.25, 0.3) is 33.3 Å². The lowest BCUT2D eigenvalue weighted by molar-refractivity contribution is -0.141. The number of aldehydes is 1. The predicted octanol–water partition coefficient (Wildman–Crippen LogP) is 6.80. The maximum atomic E-state index is 14.0. The molecular formula is C52H71N7O7. The summed E-state index contributed by atoms with van der Waals surface area (Å²) in [5.74, 6) is -0.244. The van der Waals surface area contributed by atoms with Crippen LogP contribution in [0.3, 0.4) is 0 Å². The molecule has 3 amide bonds. The molecule has 66 heavy (non-hydrogen) atoms. The number of aryl methyl sites for hydroxylation is 1. The van der Waals surface area contributed by atoms with Crippen LogP contribution in [0.4, 0.5) is 0 Å². The van der Waals surface area contributed by atoms with Gasteiger partial charge in [0.15, 0.2) is 0 Å². The third-order valence-corrected chi connectivity index (χ3v) is 12.6. The van der Waals surface area contributed by atoms with Crippen LogP contribution >= 0.6 is 0 Å². The number of likely N-dealkylation sites (N-methyl/N-ethyl adjacent to an activating group) is 1. The molecule has 2 saturated heterocycles. The Labute approximate surface area is 391 Å². The van der Waals surface area contributed by atoms with E-state index in [0.29, 0.717) is 38.9 Å². The Morgan fingerprint density at radius 1 is 1.03 bits per heavy atom. The summed E-state index contributed by atoms with van der Waals surface area (Å²) in [5, 5.41) is 5.92. The van der Waals surface area contributed by atoms with Gasteiger partial charge >= 0.3 is 0 Å². The summed E-state index contributed by atoms with van der Waals surface area (Å²) < 4.78 is 13.4. The van der Waals surface area contributed by atoms with E-state index in [1.807, 2.05) is 58.0 Å². The van der Waals surface area contributed by atoms with Crippen LogP contribution in [-0.4, -0.2) is 121 Å². The smallest absolute Gasteiger partial charge is 0.293 e. The summed E-state index contributed by atoms with van der Waals surface area (Å²) in [6.07, 6.45) is 7.50. The number of methoxy groups -OCH3 is 1. The first-order valence-electron chi connectivity index (χ1n) is 23.2. The monoisotopic (exact) mass is 906 g/mol. The van der Waals surface area contributed by atoms with Crippen molar-refractivity contribution in [2.75, 3.05) is 54.0 Å². The number of hydrogen-bond acceptors (Lipinski definition) is 10. The first kappa shape index (κ1) is 51.3. The van der Waals surface area contributed by atoms with E-state index in [0.717, 1.165) is 88.7 Å². The second-order valence-corrected chi connectivity index (χ2v) is 18.8. The molecule has 0 saturated carbocycles. The third kappa shape index (κ3) is 12.6. The molecule has 6 rings (SSSR count). The average molecular weight is 906 g/mol. The molecule has 0 radical (unpaired) electrons. The Balaban J connectivity index is 0.000000649. The molecule has 2 fully saturated rings. The maximum Gasteiger partial charge on any atom is 0.293 e. The molecule has 356 valence electrons. The van der Waals surface area contributed by atoms with Crippen molar-refractivity contribution in [3.8, 4) is 22.4 Å². The SMILES string of the molecule is C=CC(=O)N1CCC(C=O)C1.CCn1c(-c2cccnc2C(C)OC)c(CC(C)(C)COC=O)c2cc(-c3cccc(CC(NC(=O)C(C(C)C)N(C)C)C(=O)N4CCCCN4)c3)ccc21. The second-order valence-electron chi connectivity index (χ2n) is 18.8. The van der Waals surface area contributed by atoms with Crippen molar-refractivity contribution < 1.29 is 33.4 Å². The molecular weight excluding hydrogens is 835 g/mol.